The summed E-state index contributed by atoms with van der Waals surface area (Å²) in [5.74, 6) is 0.492. The first-order valence-corrected chi connectivity index (χ1v) is 9.59. The van der Waals surface area contributed by atoms with E-state index < -0.39 is 0 Å². The number of hydrogen-bond donors (Lipinski definition) is 1. The maximum absolute atomic E-state index is 12.7. The second-order valence-electron chi connectivity index (χ2n) is 6.99. The van der Waals surface area contributed by atoms with Crippen molar-refractivity contribution in [3.63, 3.8) is 0 Å². The molecular formula is C22H25N5O2. The van der Waals surface area contributed by atoms with Crippen LogP contribution in [0.4, 0.5) is 5.69 Å². The number of fused-ring (bicyclic) bond motifs is 1. The van der Waals surface area contributed by atoms with E-state index in [0.29, 0.717) is 30.8 Å². The number of ether oxygens (including phenoxy) is 1. The lowest BCUT2D eigenvalue weighted by Crippen LogP contribution is -2.19. The smallest absolute Gasteiger partial charge is 0.276 e. The highest BCUT2D eigenvalue weighted by molar-refractivity contribution is 6.09. The van der Waals surface area contributed by atoms with Gasteiger partial charge in [-0.25, -0.2) is 0 Å². The average molecular weight is 391 g/mol. The summed E-state index contributed by atoms with van der Waals surface area (Å²) in [5.41, 5.74) is 1.09. The van der Waals surface area contributed by atoms with Crippen molar-refractivity contribution >= 4 is 22.4 Å². The zero-order chi connectivity index (χ0) is 20.6. The van der Waals surface area contributed by atoms with Crippen molar-refractivity contribution in [1.29, 1.82) is 5.26 Å². The van der Waals surface area contributed by atoms with Gasteiger partial charge in [0.25, 0.3) is 5.91 Å². The maximum atomic E-state index is 12.7. The Morgan fingerprint density at radius 3 is 2.76 bits per heavy atom. The van der Waals surface area contributed by atoms with Crippen LogP contribution in [-0.4, -0.2) is 47.8 Å². The quantitative estimate of drug-likeness (QED) is 0.564. The zero-order valence-corrected chi connectivity index (χ0v) is 16.8. The van der Waals surface area contributed by atoms with Crippen molar-refractivity contribution in [2.75, 3.05) is 32.6 Å². The Bertz CT molecular complexity index is 1020. The van der Waals surface area contributed by atoms with E-state index >= 15 is 0 Å². The molecule has 0 aliphatic heterocycles. The molecule has 0 saturated heterocycles. The number of carbonyl (C=O) groups is 1. The van der Waals surface area contributed by atoms with E-state index in [1.807, 2.05) is 56.7 Å². The van der Waals surface area contributed by atoms with E-state index in [9.17, 15) is 4.79 Å². The molecule has 0 aliphatic rings. The van der Waals surface area contributed by atoms with Crippen LogP contribution in [0.15, 0.2) is 48.7 Å². The predicted octanol–water partition coefficient (Wildman–Crippen LogP) is 3.53. The molecule has 0 saturated carbocycles. The summed E-state index contributed by atoms with van der Waals surface area (Å²) in [6.45, 7) is 2.05. The molecule has 1 amide bonds. The van der Waals surface area contributed by atoms with Crippen LogP contribution < -0.4 is 10.1 Å². The van der Waals surface area contributed by atoms with Gasteiger partial charge in [0.05, 0.1) is 19.2 Å². The number of nitrogens with one attached hydrogen (secondary N) is 1. The van der Waals surface area contributed by atoms with Crippen LogP contribution in [0.2, 0.25) is 0 Å². The molecule has 29 heavy (non-hydrogen) atoms. The van der Waals surface area contributed by atoms with Crippen molar-refractivity contribution in [1.82, 2.24) is 14.7 Å². The minimum Gasteiger partial charge on any atom is -0.493 e. The van der Waals surface area contributed by atoms with Crippen LogP contribution in [0, 0.1) is 11.3 Å². The van der Waals surface area contributed by atoms with E-state index in [0.717, 1.165) is 29.6 Å². The van der Waals surface area contributed by atoms with Gasteiger partial charge < -0.3 is 15.0 Å². The van der Waals surface area contributed by atoms with Crippen LogP contribution in [0.25, 0.3) is 10.8 Å². The van der Waals surface area contributed by atoms with Gasteiger partial charge >= 0.3 is 0 Å². The van der Waals surface area contributed by atoms with Gasteiger partial charge in [-0.15, -0.1) is 0 Å². The Labute approximate surface area is 170 Å². The summed E-state index contributed by atoms with van der Waals surface area (Å²) in [7, 11) is 4.00. The monoisotopic (exact) mass is 391 g/mol. The zero-order valence-electron chi connectivity index (χ0n) is 16.8. The molecule has 0 atom stereocenters. The van der Waals surface area contributed by atoms with Crippen LogP contribution in [-0.2, 0) is 6.54 Å². The Morgan fingerprint density at radius 1 is 1.21 bits per heavy atom. The molecule has 150 valence electrons. The van der Waals surface area contributed by atoms with Gasteiger partial charge in [-0.3, -0.25) is 9.48 Å². The van der Waals surface area contributed by atoms with Crippen molar-refractivity contribution in [2.24, 2.45) is 0 Å². The van der Waals surface area contributed by atoms with Crippen molar-refractivity contribution < 1.29 is 9.53 Å². The van der Waals surface area contributed by atoms with Gasteiger partial charge in [-0.2, -0.15) is 10.4 Å². The number of aromatic nitrogens is 2. The van der Waals surface area contributed by atoms with Gasteiger partial charge in [0.2, 0.25) is 0 Å². The molecule has 2 aromatic carbocycles. The third kappa shape index (κ3) is 5.33. The van der Waals surface area contributed by atoms with E-state index in [-0.39, 0.29) is 5.91 Å². The minimum atomic E-state index is -0.249. The van der Waals surface area contributed by atoms with Crippen LogP contribution in [0.3, 0.4) is 0 Å². The molecule has 0 radical (unpaired) electrons. The molecule has 0 unspecified atom stereocenters. The van der Waals surface area contributed by atoms with Crippen LogP contribution in [0.5, 0.6) is 5.75 Å². The van der Waals surface area contributed by atoms with E-state index in [1.165, 1.54) is 0 Å². The molecule has 0 fully saturated rings. The third-order valence-electron chi connectivity index (χ3n) is 4.47. The van der Waals surface area contributed by atoms with Gasteiger partial charge in [0, 0.05) is 35.6 Å². The first-order valence-electron chi connectivity index (χ1n) is 9.59. The number of rotatable bonds is 9. The summed E-state index contributed by atoms with van der Waals surface area (Å²) < 4.78 is 7.60. The number of nitriles is 1. The van der Waals surface area contributed by atoms with Crippen molar-refractivity contribution in [3.8, 4) is 11.8 Å². The first-order chi connectivity index (χ1) is 14.1. The molecule has 7 nitrogen and oxygen atoms in total. The summed E-state index contributed by atoms with van der Waals surface area (Å²) >= 11 is 0. The topological polar surface area (TPSA) is 83.2 Å². The Kier molecular flexibility index (Phi) is 6.82. The number of benzene rings is 2. The maximum Gasteiger partial charge on any atom is 0.276 e. The predicted molar refractivity (Wildman–Crippen MR) is 113 cm³/mol. The molecule has 1 N–H and O–H groups in total. The highest BCUT2D eigenvalue weighted by Crippen LogP contribution is 2.32. The van der Waals surface area contributed by atoms with E-state index in [2.05, 4.69) is 21.4 Å². The van der Waals surface area contributed by atoms with Crippen molar-refractivity contribution in [3.05, 3.63) is 54.4 Å². The molecule has 1 aromatic heterocycles. The number of likely N-dealkylation sites (N-methyl/N-ethyl adjacent to an activating group) is 1. The molecule has 1 heterocycles. The normalized spacial score (nSPS) is 10.8. The van der Waals surface area contributed by atoms with E-state index in [4.69, 9.17) is 10.00 Å². The fraction of sp³-hybridized carbons (Fsp3) is 0.318. The third-order valence-corrected chi connectivity index (χ3v) is 4.47. The Hall–Kier alpha value is -3.37. The van der Waals surface area contributed by atoms with Gasteiger partial charge in [0.1, 0.15) is 5.75 Å². The highest BCUT2D eigenvalue weighted by atomic mass is 16.5. The summed E-state index contributed by atoms with van der Waals surface area (Å²) in [6.07, 6.45) is 2.96. The highest BCUT2D eigenvalue weighted by Gasteiger charge is 2.13. The molecule has 0 bridgehead atoms. The number of nitrogens with zero attached hydrogens (tertiary/aromatic N) is 4. The summed E-state index contributed by atoms with van der Waals surface area (Å²) in [4.78, 5) is 14.7. The fourth-order valence-electron chi connectivity index (χ4n) is 2.94. The second kappa shape index (κ2) is 9.71. The summed E-state index contributed by atoms with van der Waals surface area (Å²) in [5, 5.41) is 17.8. The number of amides is 1. The molecule has 7 heteroatoms. The van der Waals surface area contributed by atoms with Crippen LogP contribution in [0.1, 0.15) is 23.3 Å². The summed E-state index contributed by atoms with van der Waals surface area (Å²) in [6, 6.07) is 15.3. The fourth-order valence-corrected chi connectivity index (χ4v) is 2.94. The number of hydrogen-bond acceptors (Lipinski definition) is 5. The minimum absolute atomic E-state index is 0.249. The lowest BCUT2D eigenvalue weighted by atomic mass is 10.1. The number of carbonyl (C=O) groups excluding carboxylic acids is 1. The number of unbranched alkanes of at least 4 members (excludes halogenated alkanes) is 1. The molecule has 0 aliphatic carbocycles. The van der Waals surface area contributed by atoms with Gasteiger partial charge in [-0.1, -0.05) is 24.3 Å². The first kappa shape index (κ1) is 20.4. The van der Waals surface area contributed by atoms with Gasteiger partial charge in [0.15, 0.2) is 5.69 Å². The average Bonchev–Trinajstić information content (AvgIpc) is 3.20. The van der Waals surface area contributed by atoms with Crippen LogP contribution >= 0.6 is 0 Å². The van der Waals surface area contributed by atoms with Gasteiger partial charge in [-0.05, 0) is 38.7 Å². The molecular weight excluding hydrogens is 366 g/mol. The lowest BCUT2D eigenvalue weighted by Gasteiger charge is -2.13. The standard InChI is InChI=1S/C22H25N5O2/c1-26(2)14-15-27-13-11-20(25-27)22(28)24-19-9-10-21(29-16-6-5-12-23)18-8-4-3-7-17(18)19/h3-4,7-11,13H,5-6,14-16H2,1-2H3,(H,24,28). The molecule has 3 rings (SSSR count). The second-order valence-corrected chi connectivity index (χ2v) is 6.99. The largest absolute Gasteiger partial charge is 0.493 e. The number of anilines is 1. The molecule has 3 aromatic rings. The SMILES string of the molecule is CN(C)CCn1ccc(C(=O)Nc2ccc(OCCCC#N)c3ccccc23)n1. The van der Waals surface area contributed by atoms with E-state index in [1.54, 1.807) is 10.7 Å². The lowest BCUT2D eigenvalue weighted by molar-refractivity contribution is 0.102. The molecule has 0 spiro atoms. The Morgan fingerprint density at radius 2 is 2.00 bits per heavy atom. The Balaban J connectivity index is 1.75. The van der Waals surface area contributed by atoms with Crippen molar-refractivity contribution in [2.45, 2.75) is 19.4 Å².